The molecule has 3 N–H and O–H groups in total. The van der Waals surface area contributed by atoms with E-state index in [1.54, 1.807) is 19.1 Å². The Kier molecular flexibility index (Phi) is 10.7. The number of hydrogen-bond acceptors (Lipinski definition) is 10. The molecule has 2 aromatic carbocycles. The fourth-order valence-electron chi connectivity index (χ4n) is 7.71. The summed E-state index contributed by atoms with van der Waals surface area (Å²) in [5.41, 5.74) is 1.36. The fourth-order valence-corrected chi connectivity index (χ4v) is 9.07. The Morgan fingerprint density at radius 1 is 1.00 bits per heavy atom. The smallest absolute Gasteiger partial charge is 0.259 e. The van der Waals surface area contributed by atoms with Crippen molar-refractivity contribution in [2.45, 2.75) is 88.1 Å². The monoisotopic (exact) mass is 806 g/mol. The number of fused-ring (bicyclic) bond motifs is 5. The van der Waals surface area contributed by atoms with Gasteiger partial charge in [-0.15, -0.1) is 0 Å². The quantitative estimate of drug-likeness (QED) is 0.0933. The maximum Gasteiger partial charge on any atom is 0.259 e. The van der Waals surface area contributed by atoms with Crippen molar-refractivity contribution in [2.75, 3.05) is 13.1 Å². The molecule has 4 heterocycles. The van der Waals surface area contributed by atoms with E-state index in [1.165, 1.54) is 11.1 Å². The van der Waals surface area contributed by atoms with E-state index in [1.807, 2.05) is 60.7 Å². The number of benzene rings is 2. The number of sulfonamides is 1. The number of nitrogens with one attached hydrogen (secondary N) is 3. The van der Waals surface area contributed by atoms with Gasteiger partial charge in [0.05, 0.1) is 23.9 Å². The summed E-state index contributed by atoms with van der Waals surface area (Å²) in [4.78, 5) is 65.6. The second-order valence-electron chi connectivity index (χ2n) is 15.5. The number of ether oxygens (including phenoxy) is 1. The van der Waals surface area contributed by atoms with Crippen molar-refractivity contribution in [3.05, 3.63) is 90.3 Å². The number of aromatic nitrogens is 2. The van der Waals surface area contributed by atoms with Crippen LogP contribution in [0.25, 0.3) is 32.8 Å². The van der Waals surface area contributed by atoms with Crippen LogP contribution in [-0.4, -0.2) is 82.9 Å². The first-order valence-electron chi connectivity index (χ1n) is 19.9. The minimum absolute atomic E-state index is 0.0309. The molecule has 5 aromatic rings. The molecule has 302 valence electrons. The lowest BCUT2D eigenvalue weighted by Crippen LogP contribution is -2.57. The molecule has 4 atom stereocenters. The van der Waals surface area contributed by atoms with Crippen molar-refractivity contribution in [1.29, 1.82) is 0 Å². The molecule has 0 bridgehead atoms. The van der Waals surface area contributed by atoms with Gasteiger partial charge in [0, 0.05) is 40.4 Å². The van der Waals surface area contributed by atoms with Crippen LogP contribution in [-0.2, 0) is 24.4 Å². The lowest BCUT2D eigenvalue weighted by atomic mass is 10.1. The number of furan rings is 1. The number of aryl methyl sites for hydroxylation is 1. The minimum atomic E-state index is -3.91. The van der Waals surface area contributed by atoms with E-state index in [0.717, 1.165) is 42.1 Å². The number of unbranched alkanes of at least 4 members (excludes halogenated alkanes) is 3. The van der Waals surface area contributed by atoms with Gasteiger partial charge in [-0.25, -0.2) is 13.4 Å². The molecule has 4 amide bonds. The molecule has 0 radical (unpaired) electrons. The molecular weight excluding hydrogens is 761 g/mol. The maximum absolute atomic E-state index is 14.4. The second-order valence-corrected chi connectivity index (χ2v) is 17.5. The van der Waals surface area contributed by atoms with Crippen LogP contribution in [0.15, 0.2) is 83.4 Å². The van der Waals surface area contributed by atoms with E-state index < -0.39 is 69.0 Å². The highest BCUT2D eigenvalue weighted by molar-refractivity contribution is 7.91. The first kappa shape index (κ1) is 39.0. The van der Waals surface area contributed by atoms with Gasteiger partial charge in [0.1, 0.15) is 28.8 Å². The molecule has 2 saturated carbocycles. The van der Waals surface area contributed by atoms with E-state index in [-0.39, 0.29) is 24.9 Å². The van der Waals surface area contributed by atoms with Crippen LogP contribution in [0.5, 0.6) is 5.88 Å². The normalized spacial score (nSPS) is 21.8. The molecule has 0 spiro atoms. The molecule has 1 saturated heterocycles. The predicted octanol–water partition coefficient (Wildman–Crippen LogP) is 5.24. The second kappa shape index (κ2) is 15.8. The Bertz CT molecular complexity index is 2550. The first-order chi connectivity index (χ1) is 28.0. The zero-order valence-corrected chi connectivity index (χ0v) is 33.2. The molecule has 3 aliphatic rings. The number of nitrogens with zero attached hydrogens (tertiary/aromatic N) is 3. The summed E-state index contributed by atoms with van der Waals surface area (Å²) in [5, 5.41) is 7.15. The van der Waals surface area contributed by atoms with Crippen molar-refractivity contribution >= 4 is 66.5 Å². The number of likely N-dealkylation sites (tertiary alicyclic amines) is 1. The van der Waals surface area contributed by atoms with Gasteiger partial charge in [0.25, 0.3) is 11.8 Å². The van der Waals surface area contributed by atoms with E-state index in [9.17, 15) is 27.6 Å². The van der Waals surface area contributed by atoms with Crippen molar-refractivity contribution in [3.63, 3.8) is 0 Å². The van der Waals surface area contributed by atoms with Crippen molar-refractivity contribution in [2.24, 2.45) is 5.92 Å². The van der Waals surface area contributed by atoms with Crippen molar-refractivity contribution in [1.82, 2.24) is 30.2 Å². The number of carbonyl (C=O) groups is 4. The van der Waals surface area contributed by atoms with Crippen LogP contribution < -0.4 is 20.1 Å². The summed E-state index contributed by atoms with van der Waals surface area (Å²) in [7, 11) is -3.91. The average Bonchev–Trinajstić information content (AvgIpc) is 4.12. The van der Waals surface area contributed by atoms with E-state index in [0.29, 0.717) is 40.8 Å². The number of allylic oxidation sites excluding steroid dienone is 1. The lowest BCUT2D eigenvalue weighted by Gasteiger charge is -2.26. The lowest BCUT2D eigenvalue weighted by molar-refractivity contribution is -0.139. The highest BCUT2D eigenvalue weighted by Gasteiger charge is 2.62. The summed E-state index contributed by atoms with van der Waals surface area (Å²) in [6, 6.07) is 17.3. The number of hydrogen-bond donors (Lipinski definition) is 3. The SMILES string of the molecule is CCCCC/C=C\[C@@H]1C[C@]1(NC(=O)[C@@H]1C[C@@H](Oc2nc3c4ccccc4oc3c3ccccc23)CN1C(=O)CNC(=O)c1ccc(C)nc1)C(=O)NS(=O)(=O)C1CC1. The van der Waals surface area contributed by atoms with Crippen LogP contribution in [0.4, 0.5) is 0 Å². The summed E-state index contributed by atoms with van der Waals surface area (Å²) in [6.45, 7) is 3.45. The highest BCUT2D eigenvalue weighted by Crippen LogP contribution is 2.46. The standard InChI is InChI=1S/C43H46N6O8S/c1-3-4-5-6-7-12-28-22-43(28,42(53)48-58(54,55)30-19-20-30)47-40(52)34-21-29(25-49(34)36(50)24-45-39(51)27-18-17-26(2)44-23-27)56-41-32-14-9-8-13-31(32)38-37(46-41)33-15-10-11-16-35(33)57-38/h7-18,23,28-30,34H,3-6,19-22,24-25H2,1-2H3,(H,45,51)(H,47,52)(H,48,53)/b12-7-/t28-,29-,34+,43-/m1/s1. The van der Waals surface area contributed by atoms with E-state index in [2.05, 4.69) is 27.3 Å². The maximum atomic E-state index is 14.4. The number of pyridine rings is 2. The van der Waals surface area contributed by atoms with Gasteiger partial charge in [0.15, 0.2) is 5.58 Å². The van der Waals surface area contributed by atoms with Crippen LogP contribution in [0.2, 0.25) is 0 Å². The third-order valence-electron chi connectivity index (χ3n) is 11.2. The third kappa shape index (κ3) is 7.87. The molecule has 3 aromatic heterocycles. The van der Waals surface area contributed by atoms with E-state index >= 15 is 0 Å². The number of amides is 4. The Balaban J connectivity index is 1.07. The fraction of sp³-hybridized carbons (Fsp3) is 0.395. The molecule has 14 nitrogen and oxygen atoms in total. The van der Waals surface area contributed by atoms with Crippen LogP contribution in [0, 0.1) is 12.8 Å². The zero-order chi connectivity index (χ0) is 40.6. The van der Waals surface area contributed by atoms with Crippen molar-refractivity contribution in [3.8, 4) is 5.88 Å². The Hall–Kier alpha value is -5.83. The summed E-state index contributed by atoms with van der Waals surface area (Å²) < 4.78 is 40.8. The van der Waals surface area contributed by atoms with Crippen LogP contribution >= 0.6 is 0 Å². The number of para-hydroxylation sites is 1. The van der Waals surface area contributed by atoms with Gasteiger partial charge in [-0.2, -0.15) is 0 Å². The minimum Gasteiger partial charge on any atom is -0.472 e. The Labute approximate surface area is 335 Å². The molecule has 8 rings (SSSR count). The molecule has 15 heteroatoms. The van der Waals surface area contributed by atoms with E-state index in [4.69, 9.17) is 14.1 Å². The Morgan fingerprint density at radius 3 is 2.50 bits per heavy atom. The predicted molar refractivity (Wildman–Crippen MR) is 217 cm³/mol. The van der Waals surface area contributed by atoms with Gasteiger partial charge in [-0.3, -0.25) is 28.9 Å². The summed E-state index contributed by atoms with van der Waals surface area (Å²) in [6.07, 6.45) is 9.54. The molecule has 58 heavy (non-hydrogen) atoms. The number of rotatable bonds is 15. The molecule has 3 fully saturated rings. The molecular formula is C43H46N6O8S. The van der Waals surface area contributed by atoms with Crippen molar-refractivity contribution < 1.29 is 36.7 Å². The van der Waals surface area contributed by atoms with Gasteiger partial charge in [0.2, 0.25) is 27.7 Å². The average molecular weight is 807 g/mol. The number of carbonyl (C=O) groups excluding carboxylic acids is 4. The Morgan fingerprint density at radius 2 is 1.76 bits per heavy atom. The highest BCUT2D eigenvalue weighted by atomic mass is 32.2. The zero-order valence-electron chi connectivity index (χ0n) is 32.4. The topological polar surface area (TPSA) is 190 Å². The summed E-state index contributed by atoms with van der Waals surface area (Å²) >= 11 is 0. The molecule has 2 aliphatic carbocycles. The largest absolute Gasteiger partial charge is 0.472 e. The molecule has 1 aliphatic heterocycles. The third-order valence-corrected chi connectivity index (χ3v) is 13.0. The van der Waals surface area contributed by atoms with Gasteiger partial charge in [-0.05, 0) is 69.4 Å². The van der Waals surface area contributed by atoms with Gasteiger partial charge < -0.3 is 24.7 Å². The van der Waals surface area contributed by atoms with Gasteiger partial charge in [-0.1, -0.05) is 62.2 Å². The van der Waals surface area contributed by atoms with Gasteiger partial charge >= 0.3 is 0 Å². The van der Waals surface area contributed by atoms with Crippen LogP contribution in [0.1, 0.15) is 74.3 Å². The van der Waals surface area contributed by atoms with Crippen LogP contribution in [0.3, 0.4) is 0 Å². The molecule has 0 unspecified atom stereocenters. The summed E-state index contributed by atoms with van der Waals surface area (Å²) in [5.74, 6) is -2.64. The first-order valence-corrected chi connectivity index (χ1v) is 21.4.